The molecule has 2 aromatic carbocycles. The monoisotopic (exact) mass is 311 g/mol. The Kier molecular flexibility index (Phi) is 5.84. The first-order chi connectivity index (χ1) is 9.69. The molecule has 20 heavy (non-hydrogen) atoms. The van der Waals surface area contributed by atoms with Crippen molar-refractivity contribution in [1.29, 1.82) is 0 Å². The minimum Gasteiger partial charge on any atom is -0.308 e. The van der Waals surface area contributed by atoms with Crippen LogP contribution >= 0.6 is 23.2 Å². The Balaban J connectivity index is 1.93. The Bertz CT molecular complexity index is 545. The summed E-state index contributed by atoms with van der Waals surface area (Å²) in [5.74, 6) is 0.183. The minimum atomic E-state index is -0.293. The summed E-state index contributed by atoms with van der Waals surface area (Å²) in [7, 11) is 0. The maximum Gasteiger partial charge on any atom is 0.129 e. The number of halogens is 3. The second kappa shape index (κ2) is 7.63. The molecule has 1 unspecified atom stereocenters. The summed E-state index contributed by atoms with van der Waals surface area (Å²) in [6.45, 7) is 0.438. The molecule has 4 heteroatoms. The van der Waals surface area contributed by atoms with Crippen LogP contribution in [0.3, 0.4) is 0 Å². The lowest BCUT2D eigenvalue weighted by molar-refractivity contribution is 0.529. The molecule has 0 aliphatic rings. The van der Waals surface area contributed by atoms with Crippen LogP contribution in [0.1, 0.15) is 11.1 Å². The van der Waals surface area contributed by atoms with Gasteiger partial charge in [0, 0.05) is 29.1 Å². The minimum absolute atomic E-state index is 0.106. The molecule has 0 aromatic heterocycles. The number of nitrogens with one attached hydrogen (secondary N) is 1. The molecule has 1 nitrogen and oxygen atoms in total. The van der Waals surface area contributed by atoms with E-state index < -0.39 is 0 Å². The smallest absolute Gasteiger partial charge is 0.129 e. The molecule has 0 spiro atoms. The Morgan fingerprint density at radius 1 is 1.10 bits per heavy atom. The van der Waals surface area contributed by atoms with Crippen molar-refractivity contribution >= 4 is 23.2 Å². The summed E-state index contributed by atoms with van der Waals surface area (Å²) in [6, 6.07) is 14.9. The summed E-state index contributed by atoms with van der Waals surface area (Å²) in [6.07, 6.45) is 0.819. The molecule has 1 N–H and O–H groups in total. The number of hydrogen-bond acceptors (Lipinski definition) is 1. The van der Waals surface area contributed by atoms with E-state index >= 15 is 0 Å². The van der Waals surface area contributed by atoms with Crippen LogP contribution in [-0.4, -0.2) is 11.9 Å². The molecule has 106 valence electrons. The van der Waals surface area contributed by atoms with E-state index in [4.69, 9.17) is 23.2 Å². The van der Waals surface area contributed by atoms with E-state index in [0.717, 1.165) is 6.42 Å². The molecule has 0 fully saturated rings. The van der Waals surface area contributed by atoms with Gasteiger partial charge >= 0.3 is 0 Å². The standard InChI is InChI=1S/C16H16Cl2FN/c17-10-15(8-12-4-2-1-3-5-12)20-11-13-6-7-14(18)9-16(13)19/h1-7,9,15,20H,8,10-11H2. The van der Waals surface area contributed by atoms with Crippen LogP contribution in [0.25, 0.3) is 0 Å². The Hall–Kier alpha value is -1.09. The van der Waals surface area contributed by atoms with E-state index in [2.05, 4.69) is 17.4 Å². The summed E-state index contributed by atoms with van der Waals surface area (Å²) in [5, 5.41) is 3.69. The molecule has 0 bridgehead atoms. The molecule has 1 atom stereocenters. The first kappa shape index (κ1) is 15.3. The lowest BCUT2D eigenvalue weighted by atomic mass is 10.1. The maximum atomic E-state index is 13.7. The van der Waals surface area contributed by atoms with Crippen molar-refractivity contribution in [2.75, 3.05) is 5.88 Å². The zero-order valence-corrected chi connectivity index (χ0v) is 12.5. The van der Waals surface area contributed by atoms with Gasteiger partial charge in [-0.15, -0.1) is 11.6 Å². The number of hydrogen-bond donors (Lipinski definition) is 1. The van der Waals surface area contributed by atoms with Crippen molar-refractivity contribution in [3.8, 4) is 0 Å². The van der Waals surface area contributed by atoms with E-state index in [9.17, 15) is 4.39 Å². The fraction of sp³-hybridized carbons (Fsp3) is 0.250. The molecule has 0 amide bonds. The predicted molar refractivity (Wildman–Crippen MR) is 82.9 cm³/mol. The number of benzene rings is 2. The highest BCUT2D eigenvalue weighted by Gasteiger charge is 2.09. The Morgan fingerprint density at radius 2 is 1.85 bits per heavy atom. The second-order valence-electron chi connectivity index (χ2n) is 4.66. The highest BCUT2D eigenvalue weighted by atomic mass is 35.5. The van der Waals surface area contributed by atoms with Crippen LogP contribution in [0.5, 0.6) is 0 Å². The molecule has 2 rings (SSSR count). The van der Waals surface area contributed by atoms with Crippen molar-refractivity contribution < 1.29 is 4.39 Å². The van der Waals surface area contributed by atoms with Gasteiger partial charge in [-0.1, -0.05) is 48.0 Å². The van der Waals surface area contributed by atoms with Crippen molar-refractivity contribution in [2.24, 2.45) is 0 Å². The molecule has 0 saturated carbocycles. The van der Waals surface area contributed by atoms with E-state index in [0.29, 0.717) is 23.0 Å². The number of rotatable bonds is 6. The zero-order valence-electron chi connectivity index (χ0n) is 11.0. The molecular formula is C16H16Cl2FN. The van der Waals surface area contributed by atoms with Gasteiger partial charge in [-0.3, -0.25) is 0 Å². The summed E-state index contributed by atoms with van der Waals surface area (Å²) >= 11 is 11.7. The normalized spacial score (nSPS) is 12.3. The molecule has 0 radical (unpaired) electrons. The first-order valence-corrected chi connectivity index (χ1v) is 7.37. The van der Waals surface area contributed by atoms with Gasteiger partial charge in [-0.05, 0) is 24.1 Å². The third-order valence-corrected chi connectivity index (χ3v) is 3.72. The lowest BCUT2D eigenvalue weighted by Gasteiger charge is -2.16. The first-order valence-electron chi connectivity index (χ1n) is 6.46. The highest BCUT2D eigenvalue weighted by molar-refractivity contribution is 6.30. The molecular weight excluding hydrogens is 296 g/mol. The van der Waals surface area contributed by atoms with Gasteiger partial charge in [0.15, 0.2) is 0 Å². The quantitative estimate of drug-likeness (QED) is 0.779. The van der Waals surface area contributed by atoms with Crippen LogP contribution < -0.4 is 5.32 Å². The van der Waals surface area contributed by atoms with Crippen molar-refractivity contribution in [1.82, 2.24) is 5.32 Å². The zero-order chi connectivity index (χ0) is 14.4. The topological polar surface area (TPSA) is 12.0 Å². The molecule has 2 aromatic rings. The Morgan fingerprint density at radius 3 is 2.50 bits per heavy atom. The van der Waals surface area contributed by atoms with Gasteiger partial charge in [0.05, 0.1) is 0 Å². The fourth-order valence-electron chi connectivity index (χ4n) is 2.00. The van der Waals surface area contributed by atoms with Crippen LogP contribution in [0, 0.1) is 5.82 Å². The molecule has 0 saturated heterocycles. The average Bonchev–Trinajstić information content (AvgIpc) is 2.46. The van der Waals surface area contributed by atoms with Crippen molar-refractivity contribution in [3.05, 3.63) is 70.5 Å². The largest absolute Gasteiger partial charge is 0.308 e. The van der Waals surface area contributed by atoms with Crippen molar-refractivity contribution in [2.45, 2.75) is 19.0 Å². The third kappa shape index (κ3) is 4.48. The van der Waals surface area contributed by atoms with Gasteiger partial charge in [0.2, 0.25) is 0 Å². The van der Waals surface area contributed by atoms with E-state index in [1.807, 2.05) is 18.2 Å². The van der Waals surface area contributed by atoms with Crippen LogP contribution in [0.2, 0.25) is 5.02 Å². The van der Waals surface area contributed by atoms with Crippen molar-refractivity contribution in [3.63, 3.8) is 0 Å². The maximum absolute atomic E-state index is 13.7. The fourth-order valence-corrected chi connectivity index (χ4v) is 2.38. The summed E-state index contributed by atoms with van der Waals surface area (Å²) < 4.78 is 13.7. The van der Waals surface area contributed by atoms with Crippen LogP contribution in [0.4, 0.5) is 4.39 Å². The van der Waals surface area contributed by atoms with Gasteiger partial charge in [-0.25, -0.2) is 4.39 Å². The lowest BCUT2D eigenvalue weighted by Crippen LogP contribution is -2.32. The van der Waals surface area contributed by atoms with Gasteiger partial charge < -0.3 is 5.32 Å². The predicted octanol–water partition coefficient (Wildman–Crippen LogP) is 4.42. The number of alkyl halides is 1. The van der Waals surface area contributed by atoms with Gasteiger partial charge in [-0.2, -0.15) is 0 Å². The van der Waals surface area contributed by atoms with Gasteiger partial charge in [0.25, 0.3) is 0 Å². The van der Waals surface area contributed by atoms with Gasteiger partial charge in [0.1, 0.15) is 5.82 Å². The molecule has 0 heterocycles. The Labute approximate surface area is 128 Å². The molecule has 0 aliphatic carbocycles. The van der Waals surface area contributed by atoms with E-state index in [1.165, 1.54) is 11.6 Å². The summed E-state index contributed by atoms with van der Waals surface area (Å²) in [4.78, 5) is 0. The SMILES string of the molecule is Fc1cc(Cl)ccc1CNC(CCl)Cc1ccccc1. The second-order valence-corrected chi connectivity index (χ2v) is 5.40. The third-order valence-electron chi connectivity index (χ3n) is 3.11. The van der Waals surface area contributed by atoms with E-state index in [-0.39, 0.29) is 11.9 Å². The average molecular weight is 312 g/mol. The van der Waals surface area contributed by atoms with Crippen LogP contribution in [0.15, 0.2) is 48.5 Å². The van der Waals surface area contributed by atoms with E-state index in [1.54, 1.807) is 12.1 Å². The summed E-state index contributed by atoms with van der Waals surface area (Å²) in [5.41, 5.74) is 1.81. The molecule has 0 aliphatic heterocycles. The highest BCUT2D eigenvalue weighted by Crippen LogP contribution is 2.15. The van der Waals surface area contributed by atoms with Crippen LogP contribution in [-0.2, 0) is 13.0 Å².